The monoisotopic (exact) mass is 595 g/mol. The van der Waals surface area contributed by atoms with E-state index < -0.39 is 47.1 Å². The van der Waals surface area contributed by atoms with Gasteiger partial charge in [0.15, 0.2) is 5.69 Å². The quantitative estimate of drug-likeness (QED) is 0.180. The molecule has 0 radical (unpaired) electrons. The van der Waals surface area contributed by atoms with Gasteiger partial charge in [-0.1, -0.05) is 6.08 Å². The second kappa shape index (κ2) is 12.4. The number of methoxy groups -OCH3 is 2. The van der Waals surface area contributed by atoms with E-state index in [1.54, 1.807) is 52.0 Å². The Morgan fingerprint density at radius 1 is 1.19 bits per heavy atom. The van der Waals surface area contributed by atoms with Crippen molar-refractivity contribution in [2.24, 2.45) is 16.3 Å². The molecule has 4 atom stereocenters. The lowest BCUT2D eigenvalue weighted by atomic mass is 10.1. The molecule has 2 fully saturated rings. The van der Waals surface area contributed by atoms with Crippen molar-refractivity contribution in [3.05, 3.63) is 42.6 Å². The Kier molecular flexibility index (Phi) is 9.07. The summed E-state index contributed by atoms with van der Waals surface area (Å²) in [6.45, 7) is 10.8. The number of nitrogens with zero attached hydrogens (tertiary/aromatic N) is 3. The molecule has 1 saturated carbocycles. The number of allylic oxidation sites excluding steroid dienone is 1. The van der Waals surface area contributed by atoms with Gasteiger partial charge in [-0.05, 0) is 52.2 Å². The lowest BCUT2D eigenvalue weighted by Crippen LogP contribution is -2.43. The van der Waals surface area contributed by atoms with Crippen molar-refractivity contribution in [1.82, 2.24) is 9.88 Å². The van der Waals surface area contributed by atoms with Crippen LogP contribution in [-0.4, -0.2) is 85.2 Å². The molecule has 2 heterocycles. The summed E-state index contributed by atoms with van der Waals surface area (Å²) >= 11 is 0. The molecule has 1 aromatic heterocycles. The molecule has 0 spiro atoms. The number of benzene rings is 1. The van der Waals surface area contributed by atoms with Crippen LogP contribution in [0.15, 0.2) is 41.9 Å². The highest BCUT2D eigenvalue weighted by molar-refractivity contribution is 6.04. The van der Waals surface area contributed by atoms with E-state index >= 15 is 0 Å². The average Bonchev–Trinajstić information content (AvgIpc) is 3.55. The zero-order chi connectivity index (χ0) is 31.5. The summed E-state index contributed by atoms with van der Waals surface area (Å²) in [5.41, 5.74) is -1.42. The van der Waals surface area contributed by atoms with Crippen LogP contribution in [0.5, 0.6) is 11.5 Å². The van der Waals surface area contributed by atoms with Gasteiger partial charge in [0.2, 0.25) is 0 Å². The Morgan fingerprint density at radius 2 is 1.93 bits per heavy atom. The number of aromatic nitrogens is 1. The number of ether oxygens (including phenoxy) is 5. The number of amides is 2. The first kappa shape index (κ1) is 31.5. The van der Waals surface area contributed by atoms with Gasteiger partial charge < -0.3 is 23.7 Å². The highest BCUT2D eigenvalue weighted by Gasteiger charge is 2.59. The first-order valence-corrected chi connectivity index (χ1v) is 14.0. The van der Waals surface area contributed by atoms with Crippen molar-refractivity contribution in [3.63, 3.8) is 0 Å². The number of fused-ring (bicyclic) bond motifs is 1. The number of carbonyl (C=O) groups excluding carboxylic acids is 4. The molecule has 0 unspecified atom stereocenters. The van der Waals surface area contributed by atoms with Crippen LogP contribution < -0.4 is 9.47 Å². The number of esters is 2. The second-order valence-electron chi connectivity index (χ2n) is 11.4. The van der Waals surface area contributed by atoms with Gasteiger partial charge in [-0.3, -0.25) is 14.5 Å². The van der Waals surface area contributed by atoms with Crippen molar-refractivity contribution < 1.29 is 42.9 Å². The van der Waals surface area contributed by atoms with Crippen molar-refractivity contribution in [3.8, 4) is 11.5 Å². The van der Waals surface area contributed by atoms with E-state index in [9.17, 15) is 19.2 Å². The summed E-state index contributed by atoms with van der Waals surface area (Å²) in [6, 6.07) is 5.56. The van der Waals surface area contributed by atoms with Gasteiger partial charge in [-0.15, -0.1) is 6.58 Å². The normalized spacial score (nSPS) is 23.1. The molecule has 0 bridgehead atoms. The van der Waals surface area contributed by atoms with E-state index in [4.69, 9.17) is 23.7 Å². The van der Waals surface area contributed by atoms with E-state index in [1.807, 2.05) is 0 Å². The molecule has 12 heteroatoms. The van der Waals surface area contributed by atoms with Gasteiger partial charge >= 0.3 is 18.0 Å². The molecule has 1 aliphatic carbocycles. The third-order valence-corrected chi connectivity index (χ3v) is 7.26. The Morgan fingerprint density at radius 3 is 2.53 bits per heavy atom. The van der Waals surface area contributed by atoms with Gasteiger partial charge in [-0.25, -0.2) is 19.6 Å². The van der Waals surface area contributed by atoms with Crippen LogP contribution in [-0.2, 0) is 23.8 Å². The predicted molar refractivity (Wildman–Crippen MR) is 156 cm³/mol. The second-order valence-corrected chi connectivity index (χ2v) is 11.4. The summed E-state index contributed by atoms with van der Waals surface area (Å²) in [5, 5.41) is 0.589. The van der Waals surface area contributed by atoms with Crippen LogP contribution in [0.4, 0.5) is 4.79 Å². The zero-order valence-corrected chi connectivity index (χ0v) is 25.2. The van der Waals surface area contributed by atoms with E-state index in [0.717, 1.165) is 0 Å². The van der Waals surface area contributed by atoms with Crippen LogP contribution in [0.3, 0.4) is 0 Å². The highest BCUT2D eigenvalue weighted by atomic mass is 16.6. The van der Waals surface area contributed by atoms with Crippen LogP contribution in [0.2, 0.25) is 0 Å². The Balaban J connectivity index is 1.64. The lowest BCUT2D eigenvalue weighted by molar-refractivity contribution is -0.147. The summed E-state index contributed by atoms with van der Waals surface area (Å²) in [4.78, 5) is 61.5. The minimum Gasteiger partial charge on any atom is -0.497 e. The standard InChI is InChI=1S/C31H37N3O9/c1-8-18-15-31(18,28(37)41-9-2)17-32-26(35)24-13-20(16-34(24)29(38)43-30(3,4)5)42-25-14-23(27(36)40-7)33-22-12-19(39-6)10-11-21(22)25/h8,10-12,14,17-18,20,24H,1,9,13,15-16H2,2-7H3/t18-,20-,24+,31-/m1/s1. The number of carbonyl (C=O) groups is 4. The fraction of sp³-hybridized carbons (Fsp3) is 0.484. The number of rotatable bonds is 9. The van der Waals surface area contributed by atoms with Crippen LogP contribution in [0.1, 0.15) is 51.0 Å². The zero-order valence-electron chi connectivity index (χ0n) is 25.2. The van der Waals surface area contributed by atoms with Gasteiger partial charge in [0, 0.05) is 30.2 Å². The molecule has 43 heavy (non-hydrogen) atoms. The number of hydrogen-bond acceptors (Lipinski definition) is 10. The number of hydrogen-bond donors (Lipinski definition) is 0. The molecule has 4 rings (SSSR count). The SMILES string of the molecule is C=C[C@@H]1C[C@]1(C=NC(=O)[C@@H]1C[C@@H](Oc2cc(C(=O)OC)nc3cc(OC)ccc23)CN1C(=O)OC(C)(C)C)C(=O)OCC. The van der Waals surface area contributed by atoms with E-state index in [1.165, 1.54) is 31.4 Å². The first-order valence-electron chi connectivity index (χ1n) is 14.0. The third kappa shape index (κ3) is 6.79. The molecule has 0 N–H and O–H groups in total. The number of pyridine rings is 1. The molecular formula is C31H37N3O9. The molecule has 2 aliphatic rings. The van der Waals surface area contributed by atoms with Crippen molar-refractivity contribution in [2.45, 2.75) is 58.3 Å². The lowest BCUT2D eigenvalue weighted by Gasteiger charge is -2.27. The molecule has 1 aliphatic heterocycles. The smallest absolute Gasteiger partial charge is 0.411 e. The molecule has 12 nitrogen and oxygen atoms in total. The van der Waals surface area contributed by atoms with Gasteiger partial charge in [0.05, 0.1) is 32.9 Å². The summed E-state index contributed by atoms with van der Waals surface area (Å²) < 4.78 is 27.3. The molecular weight excluding hydrogens is 558 g/mol. The van der Waals surface area contributed by atoms with E-state index in [0.29, 0.717) is 28.8 Å². The van der Waals surface area contributed by atoms with E-state index in [-0.39, 0.29) is 31.2 Å². The van der Waals surface area contributed by atoms with Crippen molar-refractivity contribution in [2.75, 3.05) is 27.4 Å². The minimum absolute atomic E-state index is 0.00662. The van der Waals surface area contributed by atoms with Crippen molar-refractivity contribution >= 4 is 41.1 Å². The summed E-state index contributed by atoms with van der Waals surface area (Å²) in [7, 11) is 2.76. The van der Waals surface area contributed by atoms with Crippen LogP contribution in [0, 0.1) is 11.3 Å². The maximum Gasteiger partial charge on any atom is 0.411 e. The number of likely N-dealkylation sites (tertiary alicyclic amines) is 1. The minimum atomic E-state index is -1.06. The van der Waals surface area contributed by atoms with Crippen LogP contribution in [0.25, 0.3) is 10.9 Å². The van der Waals surface area contributed by atoms with Crippen LogP contribution >= 0.6 is 0 Å². The largest absolute Gasteiger partial charge is 0.497 e. The Bertz CT molecular complexity index is 1460. The van der Waals surface area contributed by atoms with Gasteiger partial charge in [-0.2, -0.15) is 0 Å². The summed E-state index contributed by atoms with van der Waals surface area (Å²) in [6.07, 6.45) is 2.09. The predicted octanol–water partition coefficient (Wildman–Crippen LogP) is 4.14. The fourth-order valence-corrected chi connectivity index (χ4v) is 4.99. The third-order valence-electron chi connectivity index (χ3n) is 7.26. The maximum atomic E-state index is 13.5. The number of aliphatic imine (C=N–C) groups is 1. The highest BCUT2D eigenvalue weighted by Crippen LogP contribution is 2.52. The maximum absolute atomic E-state index is 13.5. The van der Waals surface area contributed by atoms with Gasteiger partial charge in [0.25, 0.3) is 5.91 Å². The average molecular weight is 596 g/mol. The molecule has 2 amide bonds. The topological polar surface area (TPSA) is 143 Å². The molecule has 1 saturated heterocycles. The Labute approximate surface area is 250 Å². The van der Waals surface area contributed by atoms with Crippen molar-refractivity contribution in [1.29, 1.82) is 0 Å². The van der Waals surface area contributed by atoms with Gasteiger partial charge in [0.1, 0.15) is 34.7 Å². The van der Waals surface area contributed by atoms with E-state index in [2.05, 4.69) is 16.6 Å². The fourth-order valence-electron chi connectivity index (χ4n) is 4.99. The molecule has 2 aromatic rings. The molecule has 230 valence electrons. The first-order chi connectivity index (χ1) is 20.3. The summed E-state index contributed by atoms with van der Waals surface area (Å²) in [5.74, 6) is -1.12. The molecule has 1 aromatic carbocycles. The Hall–Kier alpha value is -4.48.